The molecule has 8 nitrogen and oxygen atoms in total. The highest BCUT2D eigenvalue weighted by Gasteiger charge is 2.23. The number of ether oxygens (including phenoxy) is 1. The lowest BCUT2D eigenvalue weighted by Gasteiger charge is -2.33. The minimum atomic E-state index is -0.0556. The highest BCUT2D eigenvalue weighted by molar-refractivity contribution is 14.0. The largest absolute Gasteiger partial charge is 0.384 e. The number of halogens is 1. The SMILES string of the molecule is C=C(C)CNC(=NCC(=O)N(C)C)NC1CCN(C(=O)CCOC)CC1.I. The van der Waals surface area contributed by atoms with Crippen LogP contribution in [-0.4, -0.2) is 87.6 Å². The van der Waals surface area contributed by atoms with Gasteiger partial charge in [0.25, 0.3) is 0 Å². The molecular formula is C18H34IN5O3. The average molecular weight is 495 g/mol. The lowest BCUT2D eigenvalue weighted by Crippen LogP contribution is -2.50. The zero-order valence-corrected chi connectivity index (χ0v) is 19.2. The summed E-state index contributed by atoms with van der Waals surface area (Å²) < 4.78 is 4.96. The van der Waals surface area contributed by atoms with Crippen LogP contribution in [0.1, 0.15) is 26.2 Å². The van der Waals surface area contributed by atoms with Gasteiger partial charge in [-0.2, -0.15) is 0 Å². The summed E-state index contributed by atoms with van der Waals surface area (Å²) in [6, 6.07) is 0.215. The Hall–Kier alpha value is -1.36. The number of piperidine rings is 1. The van der Waals surface area contributed by atoms with E-state index in [-0.39, 0.29) is 48.4 Å². The molecule has 0 aliphatic carbocycles. The number of hydrogen-bond donors (Lipinski definition) is 2. The molecule has 0 aromatic rings. The van der Waals surface area contributed by atoms with Crippen molar-refractivity contribution in [1.82, 2.24) is 20.4 Å². The van der Waals surface area contributed by atoms with Gasteiger partial charge < -0.3 is 25.2 Å². The monoisotopic (exact) mass is 495 g/mol. The first-order chi connectivity index (χ1) is 12.3. The van der Waals surface area contributed by atoms with Crippen molar-refractivity contribution in [2.45, 2.75) is 32.2 Å². The fourth-order valence-corrected chi connectivity index (χ4v) is 2.49. The fourth-order valence-electron chi connectivity index (χ4n) is 2.49. The summed E-state index contributed by atoms with van der Waals surface area (Å²) in [7, 11) is 5.02. The molecule has 0 spiro atoms. The molecule has 0 radical (unpaired) electrons. The van der Waals surface area contributed by atoms with Gasteiger partial charge in [-0.15, -0.1) is 24.0 Å². The molecule has 9 heteroatoms. The molecular weight excluding hydrogens is 461 g/mol. The first-order valence-electron chi connectivity index (χ1n) is 8.99. The minimum absolute atomic E-state index is 0. The predicted octanol–water partition coefficient (Wildman–Crippen LogP) is 0.831. The van der Waals surface area contributed by atoms with Crippen molar-refractivity contribution in [3.05, 3.63) is 12.2 Å². The lowest BCUT2D eigenvalue weighted by atomic mass is 10.0. The second-order valence-corrected chi connectivity index (χ2v) is 6.81. The van der Waals surface area contributed by atoms with E-state index in [0.717, 1.165) is 18.4 Å². The molecule has 27 heavy (non-hydrogen) atoms. The van der Waals surface area contributed by atoms with E-state index < -0.39 is 0 Å². The summed E-state index contributed by atoms with van der Waals surface area (Å²) in [5.74, 6) is 0.684. The predicted molar refractivity (Wildman–Crippen MR) is 118 cm³/mol. The van der Waals surface area contributed by atoms with Gasteiger partial charge in [-0.25, -0.2) is 4.99 Å². The molecule has 0 aromatic heterocycles. The molecule has 156 valence electrons. The van der Waals surface area contributed by atoms with Gasteiger partial charge in [0, 0.05) is 46.9 Å². The van der Waals surface area contributed by atoms with Crippen molar-refractivity contribution < 1.29 is 14.3 Å². The van der Waals surface area contributed by atoms with Crippen LogP contribution in [-0.2, 0) is 14.3 Å². The molecule has 0 saturated carbocycles. The Balaban J connectivity index is 0.00000676. The van der Waals surface area contributed by atoms with Gasteiger partial charge in [0.1, 0.15) is 6.54 Å². The van der Waals surface area contributed by atoms with Crippen LogP contribution in [0, 0.1) is 0 Å². The number of methoxy groups -OCH3 is 1. The van der Waals surface area contributed by atoms with Crippen molar-refractivity contribution in [2.24, 2.45) is 4.99 Å². The van der Waals surface area contributed by atoms with Crippen LogP contribution in [0.15, 0.2) is 17.1 Å². The van der Waals surface area contributed by atoms with Crippen molar-refractivity contribution in [3.8, 4) is 0 Å². The van der Waals surface area contributed by atoms with Gasteiger partial charge >= 0.3 is 0 Å². The van der Waals surface area contributed by atoms with E-state index in [2.05, 4.69) is 22.2 Å². The summed E-state index contributed by atoms with van der Waals surface area (Å²) in [6.07, 6.45) is 2.11. The van der Waals surface area contributed by atoms with Gasteiger partial charge in [0.05, 0.1) is 13.0 Å². The molecule has 0 atom stereocenters. The van der Waals surface area contributed by atoms with Crippen molar-refractivity contribution in [1.29, 1.82) is 0 Å². The molecule has 1 rings (SSSR count). The molecule has 0 aromatic carbocycles. The first kappa shape index (κ1) is 25.6. The third-order valence-corrected chi connectivity index (χ3v) is 4.14. The van der Waals surface area contributed by atoms with Gasteiger partial charge in [0.2, 0.25) is 11.8 Å². The number of hydrogen-bond acceptors (Lipinski definition) is 4. The summed E-state index contributed by atoms with van der Waals surface area (Å²) in [5, 5.41) is 6.57. The highest BCUT2D eigenvalue weighted by atomic mass is 127. The number of nitrogens with zero attached hydrogens (tertiary/aromatic N) is 3. The number of aliphatic imine (C=N–C) groups is 1. The van der Waals surface area contributed by atoms with Gasteiger partial charge in [-0.05, 0) is 19.8 Å². The van der Waals surface area contributed by atoms with Gasteiger partial charge in [-0.1, -0.05) is 12.2 Å². The number of carbonyl (C=O) groups is 2. The fraction of sp³-hybridized carbons (Fsp3) is 0.722. The maximum Gasteiger partial charge on any atom is 0.243 e. The number of likely N-dealkylation sites (N-methyl/N-ethyl adjacent to an activating group) is 1. The molecule has 1 saturated heterocycles. The Labute approximate surface area is 179 Å². The normalized spacial score (nSPS) is 15.0. The molecule has 1 fully saturated rings. The maximum absolute atomic E-state index is 12.0. The van der Waals surface area contributed by atoms with E-state index >= 15 is 0 Å². The first-order valence-corrected chi connectivity index (χ1v) is 8.99. The summed E-state index contributed by atoms with van der Waals surface area (Å²) in [6.45, 7) is 8.37. The molecule has 1 aliphatic rings. The van der Waals surface area contributed by atoms with E-state index in [0.29, 0.717) is 38.6 Å². The topological polar surface area (TPSA) is 86.3 Å². The third-order valence-electron chi connectivity index (χ3n) is 4.14. The number of amides is 2. The Kier molecular flexibility index (Phi) is 13.1. The number of rotatable bonds is 8. The van der Waals surface area contributed by atoms with Gasteiger partial charge in [-0.3, -0.25) is 9.59 Å². The number of carbonyl (C=O) groups excluding carboxylic acids is 2. The van der Waals surface area contributed by atoms with Crippen molar-refractivity contribution >= 4 is 41.8 Å². The van der Waals surface area contributed by atoms with E-state index in [1.54, 1.807) is 21.2 Å². The van der Waals surface area contributed by atoms with Crippen LogP contribution >= 0.6 is 24.0 Å². The summed E-state index contributed by atoms with van der Waals surface area (Å²) in [5.41, 5.74) is 0.983. The molecule has 0 unspecified atom stereocenters. The zero-order valence-electron chi connectivity index (χ0n) is 16.9. The van der Waals surface area contributed by atoms with Crippen molar-refractivity contribution in [2.75, 3.05) is 54.0 Å². The smallest absolute Gasteiger partial charge is 0.243 e. The van der Waals surface area contributed by atoms with E-state index in [4.69, 9.17) is 4.74 Å². The van der Waals surface area contributed by atoms with Crippen LogP contribution in [0.5, 0.6) is 0 Å². The van der Waals surface area contributed by atoms with E-state index in [1.165, 1.54) is 4.90 Å². The number of nitrogens with one attached hydrogen (secondary N) is 2. The number of likely N-dealkylation sites (tertiary alicyclic amines) is 1. The molecule has 1 heterocycles. The maximum atomic E-state index is 12.0. The Bertz CT molecular complexity index is 517. The molecule has 2 N–H and O–H groups in total. The molecule has 2 amide bonds. The van der Waals surface area contributed by atoms with E-state index in [9.17, 15) is 9.59 Å². The second kappa shape index (κ2) is 13.8. The zero-order chi connectivity index (χ0) is 19.5. The minimum Gasteiger partial charge on any atom is -0.384 e. The van der Waals surface area contributed by atoms with E-state index in [1.807, 2.05) is 11.8 Å². The highest BCUT2D eigenvalue weighted by Crippen LogP contribution is 2.11. The van der Waals surface area contributed by atoms with Crippen LogP contribution in [0.3, 0.4) is 0 Å². The molecule has 0 bridgehead atoms. The summed E-state index contributed by atoms with van der Waals surface area (Å²) in [4.78, 5) is 31.6. The molecule has 1 aliphatic heterocycles. The van der Waals surface area contributed by atoms with Gasteiger partial charge in [0.15, 0.2) is 5.96 Å². The Morgan fingerprint density at radius 2 is 1.93 bits per heavy atom. The average Bonchev–Trinajstić information content (AvgIpc) is 2.61. The second-order valence-electron chi connectivity index (χ2n) is 6.81. The standard InChI is InChI=1S/C18H33N5O3.HI/c1-14(2)12-19-18(20-13-17(25)22(3)4)21-15-6-9-23(10-7-15)16(24)8-11-26-5;/h15H,1,6-13H2,2-5H3,(H2,19,20,21);1H. The van der Waals surface area contributed by atoms with Crippen LogP contribution in [0.2, 0.25) is 0 Å². The summed E-state index contributed by atoms with van der Waals surface area (Å²) >= 11 is 0. The van der Waals surface area contributed by atoms with Crippen molar-refractivity contribution in [3.63, 3.8) is 0 Å². The quantitative estimate of drug-likeness (QED) is 0.226. The Morgan fingerprint density at radius 3 is 2.44 bits per heavy atom. The third kappa shape index (κ3) is 10.5. The number of guanidine groups is 1. The Morgan fingerprint density at radius 1 is 1.30 bits per heavy atom. The van der Waals surface area contributed by atoms with Crippen LogP contribution in [0.4, 0.5) is 0 Å². The van der Waals surface area contributed by atoms with Crippen LogP contribution in [0.25, 0.3) is 0 Å². The van der Waals surface area contributed by atoms with Crippen LogP contribution < -0.4 is 10.6 Å². The lowest BCUT2D eigenvalue weighted by molar-refractivity contribution is -0.133.